The van der Waals surface area contributed by atoms with Gasteiger partial charge in [-0.3, -0.25) is 4.79 Å². The van der Waals surface area contributed by atoms with Crippen LogP contribution in [0.3, 0.4) is 0 Å². The summed E-state index contributed by atoms with van der Waals surface area (Å²) in [4.78, 5) is 25.2. The minimum atomic E-state index is -0.249. The summed E-state index contributed by atoms with van der Waals surface area (Å²) in [7, 11) is 0. The second kappa shape index (κ2) is 11.8. The molecular weight excluding hydrogens is 480 g/mol. The number of carbonyl (C=O) groups is 1. The van der Waals surface area contributed by atoms with Gasteiger partial charge in [0, 0.05) is 17.8 Å². The smallest absolute Gasteiger partial charge is 0.196 e. The van der Waals surface area contributed by atoms with Crippen molar-refractivity contribution in [2.24, 2.45) is 0 Å². The summed E-state index contributed by atoms with van der Waals surface area (Å²) in [5.74, 6) is 1.52. The Kier molecular flexibility index (Phi) is 8.32. The van der Waals surface area contributed by atoms with Gasteiger partial charge >= 0.3 is 0 Å². The van der Waals surface area contributed by atoms with Crippen molar-refractivity contribution in [1.82, 2.24) is 15.0 Å². The molecule has 0 amide bonds. The van der Waals surface area contributed by atoms with E-state index in [1.807, 2.05) is 30.3 Å². The number of nitrogens with one attached hydrogen (secondary N) is 2. The topological polar surface area (TPSA) is 109 Å². The van der Waals surface area contributed by atoms with Gasteiger partial charge in [-0.2, -0.15) is 0 Å². The molecule has 36 heavy (non-hydrogen) atoms. The van der Waals surface area contributed by atoms with Crippen LogP contribution in [-0.2, 0) is 4.74 Å². The highest BCUT2D eigenvalue weighted by Gasteiger charge is 2.25. The number of aromatic nitrogens is 3. The van der Waals surface area contributed by atoms with Gasteiger partial charge in [0.05, 0.1) is 41.3 Å². The lowest BCUT2D eigenvalue weighted by Crippen LogP contribution is -2.36. The fourth-order valence-corrected chi connectivity index (χ4v) is 4.28. The average Bonchev–Trinajstić information content (AvgIpc) is 3.36. The number of benzene rings is 2. The molecule has 0 aliphatic carbocycles. The van der Waals surface area contributed by atoms with Gasteiger partial charge in [0.25, 0.3) is 0 Å². The van der Waals surface area contributed by atoms with Crippen molar-refractivity contribution in [1.29, 1.82) is 0 Å². The molecule has 0 radical (unpaired) electrons. The molecule has 2 atom stereocenters. The first-order chi connectivity index (χ1) is 17.6. The summed E-state index contributed by atoms with van der Waals surface area (Å²) in [6.07, 6.45) is 4.49. The van der Waals surface area contributed by atoms with Crippen molar-refractivity contribution in [3.63, 3.8) is 0 Å². The number of para-hydroxylation sites is 1. The van der Waals surface area contributed by atoms with Gasteiger partial charge in [-0.05, 0) is 37.1 Å². The fourth-order valence-electron chi connectivity index (χ4n) is 4.02. The van der Waals surface area contributed by atoms with E-state index < -0.39 is 0 Å². The van der Waals surface area contributed by atoms with Crippen LogP contribution in [0.5, 0.6) is 11.5 Å². The van der Waals surface area contributed by atoms with Crippen LogP contribution in [0.2, 0.25) is 5.02 Å². The van der Waals surface area contributed by atoms with Crippen molar-refractivity contribution in [3.05, 3.63) is 90.4 Å². The third-order valence-electron chi connectivity index (χ3n) is 5.79. The number of ether oxygens (including phenoxy) is 2. The third kappa shape index (κ3) is 5.57. The van der Waals surface area contributed by atoms with Crippen LogP contribution in [0.25, 0.3) is 11.0 Å². The van der Waals surface area contributed by atoms with E-state index >= 15 is 0 Å². The minimum Gasteiger partial charge on any atom is -0.457 e. The first kappa shape index (κ1) is 25.4. The van der Waals surface area contributed by atoms with Gasteiger partial charge in [-0.15, -0.1) is 13.2 Å². The van der Waals surface area contributed by atoms with Gasteiger partial charge < -0.3 is 24.9 Å². The number of H-pyrrole nitrogens is 1. The van der Waals surface area contributed by atoms with E-state index in [-0.39, 0.29) is 29.6 Å². The molecule has 186 valence electrons. The van der Waals surface area contributed by atoms with E-state index in [4.69, 9.17) is 21.1 Å². The van der Waals surface area contributed by atoms with Crippen molar-refractivity contribution in [2.75, 3.05) is 18.5 Å². The third-order valence-corrected chi connectivity index (χ3v) is 6.11. The number of nitrogens with zero attached hydrogens (tertiary/aromatic N) is 2. The van der Waals surface area contributed by atoms with Crippen molar-refractivity contribution >= 4 is 34.2 Å². The predicted molar refractivity (Wildman–Crippen MR) is 140 cm³/mol. The summed E-state index contributed by atoms with van der Waals surface area (Å²) < 4.78 is 11.5. The number of aliphatic hydroxyl groups excluding tert-OH is 1. The molecule has 0 bridgehead atoms. The summed E-state index contributed by atoms with van der Waals surface area (Å²) in [6, 6.07) is 14.4. The Morgan fingerprint density at radius 1 is 1.14 bits per heavy atom. The van der Waals surface area contributed by atoms with Crippen LogP contribution in [-0.4, -0.2) is 51.2 Å². The van der Waals surface area contributed by atoms with E-state index in [1.165, 1.54) is 6.33 Å². The zero-order chi connectivity index (χ0) is 25.5. The molecule has 1 fully saturated rings. The molecular formula is C27H27ClN4O4. The standard InChI is InChI=1S/C25H23ClN4O4.C2H4/c26-21-10-17(34-16-4-2-1-3-5-16)8-9-19(21)23(32)20-11-27-24-22(20)25(29-14-28-24)30-15-6-7-18(12-31)33-13-15;1-2/h1-5,8-11,14-15,18,31H,6-7,12-13H2,(H2,27,28,29,30);1-2H2/t15-,18+;/m1./s1. The highest BCUT2D eigenvalue weighted by molar-refractivity contribution is 6.35. The molecule has 0 spiro atoms. The van der Waals surface area contributed by atoms with Gasteiger partial charge in [0.15, 0.2) is 5.78 Å². The van der Waals surface area contributed by atoms with Gasteiger partial charge in [-0.25, -0.2) is 9.97 Å². The molecule has 5 rings (SSSR count). The highest BCUT2D eigenvalue weighted by Crippen LogP contribution is 2.32. The number of carbonyl (C=O) groups excluding carboxylic acids is 1. The number of halogens is 1. The molecule has 3 N–H and O–H groups in total. The Hall–Kier alpha value is -3.72. The lowest BCUT2D eigenvalue weighted by Gasteiger charge is -2.29. The molecule has 1 saturated heterocycles. The van der Waals surface area contributed by atoms with Gasteiger partial charge in [0.2, 0.25) is 0 Å². The van der Waals surface area contributed by atoms with Crippen molar-refractivity contribution in [2.45, 2.75) is 25.0 Å². The lowest BCUT2D eigenvalue weighted by atomic mass is 10.0. The SMILES string of the molecule is C=C.O=C(c1ccc(Oc2ccccc2)cc1Cl)c1c[nH]c2ncnc(N[C@@H]3CC[C@@H](CO)OC3)c12. The maximum Gasteiger partial charge on any atom is 0.196 e. The molecule has 1 aliphatic rings. The van der Waals surface area contributed by atoms with E-state index in [1.54, 1.807) is 24.4 Å². The number of hydrogen-bond donors (Lipinski definition) is 3. The number of anilines is 1. The predicted octanol–water partition coefficient (Wildman–Crippen LogP) is 5.39. The van der Waals surface area contributed by atoms with E-state index in [0.29, 0.717) is 46.1 Å². The zero-order valence-corrected chi connectivity index (χ0v) is 20.4. The summed E-state index contributed by atoms with van der Waals surface area (Å²) in [6.45, 7) is 6.45. The van der Waals surface area contributed by atoms with Gasteiger partial charge in [-0.1, -0.05) is 29.8 Å². The molecule has 3 heterocycles. The maximum absolute atomic E-state index is 13.5. The number of hydrogen-bond acceptors (Lipinski definition) is 7. The molecule has 2 aromatic carbocycles. The molecule has 0 unspecified atom stereocenters. The maximum atomic E-state index is 13.5. The monoisotopic (exact) mass is 506 g/mol. The Morgan fingerprint density at radius 3 is 2.64 bits per heavy atom. The molecule has 8 nitrogen and oxygen atoms in total. The van der Waals surface area contributed by atoms with Gasteiger partial charge in [0.1, 0.15) is 29.3 Å². The molecule has 2 aromatic heterocycles. The second-order valence-corrected chi connectivity index (χ2v) is 8.50. The summed E-state index contributed by atoms with van der Waals surface area (Å²) >= 11 is 6.49. The largest absolute Gasteiger partial charge is 0.457 e. The van der Waals surface area contributed by atoms with Crippen molar-refractivity contribution in [3.8, 4) is 11.5 Å². The number of fused-ring (bicyclic) bond motifs is 1. The number of ketones is 1. The van der Waals surface area contributed by atoms with E-state index in [0.717, 1.165) is 12.8 Å². The molecule has 0 saturated carbocycles. The van der Waals surface area contributed by atoms with Crippen LogP contribution in [0, 0.1) is 0 Å². The summed E-state index contributed by atoms with van der Waals surface area (Å²) in [5.41, 5.74) is 1.32. The zero-order valence-electron chi connectivity index (χ0n) is 19.6. The molecule has 4 aromatic rings. The lowest BCUT2D eigenvalue weighted by molar-refractivity contribution is -0.0224. The first-order valence-electron chi connectivity index (χ1n) is 11.5. The van der Waals surface area contributed by atoms with Crippen LogP contribution in [0.15, 0.2) is 74.2 Å². The van der Waals surface area contributed by atoms with Crippen LogP contribution < -0.4 is 10.1 Å². The van der Waals surface area contributed by atoms with Crippen molar-refractivity contribution < 1.29 is 19.4 Å². The second-order valence-electron chi connectivity index (χ2n) is 8.09. The van der Waals surface area contributed by atoms with Crippen LogP contribution in [0.4, 0.5) is 5.82 Å². The Morgan fingerprint density at radius 2 is 1.94 bits per heavy atom. The minimum absolute atomic E-state index is 0.0108. The highest BCUT2D eigenvalue weighted by atomic mass is 35.5. The van der Waals surface area contributed by atoms with E-state index in [9.17, 15) is 9.90 Å². The summed E-state index contributed by atoms with van der Waals surface area (Å²) in [5, 5.41) is 13.5. The molecule has 1 aliphatic heterocycles. The first-order valence-corrected chi connectivity index (χ1v) is 11.9. The number of aromatic amines is 1. The Bertz CT molecular complexity index is 1320. The average molecular weight is 507 g/mol. The number of aliphatic hydroxyl groups is 1. The normalized spacial score (nSPS) is 17.2. The molecule has 9 heteroatoms. The van der Waals surface area contributed by atoms with Crippen LogP contribution in [0.1, 0.15) is 28.8 Å². The van der Waals surface area contributed by atoms with E-state index in [2.05, 4.69) is 33.4 Å². The quantitative estimate of drug-likeness (QED) is 0.228. The van der Waals surface area contributed by atoms with Crippen LogP contribution >= 0.6 is 11.6 Å². The Labute approximate surface area is 214 Å². The number of rotatable bonds is 7. The fraction of sp³-hybridized carbons (Fsp3) is 0.222. The Balaban J connectivity index is 0.00000148.